The fourth-order valence-corrected chi connectivity index (χ4v) is 4.68. The van der Waals surface area contributed by atoms with E-state index >= 15 is 0 Å². The van der Waals surface area contributed by atoms with E-state index in [4.69, 9.17) is 4.74 Å². The average Bonchev–Trinajstić information content (AvgIpc) is 2.96. The number of benzene rings is 1. The number of ether oxygens (including phenoxy) is 1. The summed E-state index contributed by atoms with van der Waals surface area (Å²) in [5.74, 6) is 0.727. The maximum atomic E-state index is 13.0. The van der Waals surface area contributed by atoms with Gasteiger partial charge in [-0.15, -0.1) is 0 Å². The van der Waals surface area contributed by atoms with E-state index in [2.05, 4.69) is 50.5 Å². The molecule has 0 aliphatic carbocycles. The summed E-state index contributed by atoms with van der Waals surface area (Å²) in [4.78, 5) is 26.1. The van der Waals surface area contributed by atoms with Gasteiger partial charge in [-0.3, -0.25) is 9.69 Å². The number of anilines is 1. The van der Waals surface area contributed by atoms with E-state index in [1.54, 1.807) is 11.1 Å². The Morgan fingerprint density at radius 3 is 2.53 bits per heavy atom. The lowest BCUT2D eigenvalue weighted by atomic mass is 9.96. The predicted molar refractivity (Wildman–Crippen MR) is 117 cm³/mol. The van der Waals surface area contributed by atoms with Gasteiger partial charge in [0.1, 0.15) is 5.56 Å². The summed E-state index contributed by atoms with van der Waals surface area (Å²) in [5, 5.41) is 3.23. The van der Waals surface area contributed by atoms with Gasteiger partial charge in [0, 0.05) is 45.0 Å². The second kappa shape index (κ2) is 9.00. The third-order valence-electron chi connectivity index (χ3n) is 6.09. The van der Waals surface area contributed by atoms with Gasteiger partial charge in [0.15, 0.2) is 0 Å². The van der Waals surface area contributed by atoms with E-state index in [1.165, 1.54) is 18.4 Å². The number of carbonyl (C=O) groups is 1. The molecule has 1 N–H and O–H groups in total. The molecule has 1 unspecified atom stereocenters. The van der Waals surface area contributed by atoms with Gasteiger partial charge in [-0.05, 0) is 38.2 Å². The summed E-state index contributed by atoms with van der Waals surface area (Å²) in [6.45, 7) is 3.33. The molecule has 1 amide bonds. The molecule has 0 saturated carbocycles. The molecule has 7 heteroatoms. The second-order valence-electron chi connectivity index (χ2n) is 8.40. The van der Waals surface area contributed by atoms with Crippen molar-refractivity contribution in [2.75, 3.05) is 25.6 Å². The largest absolute Gasteiger partial charge is 0.477 e. The smallest absolute Gasteiger partial charge is 0.258 e. The van der Waals surface area contributed by atoms with E-state index in [0.29, 0.717) is 36.1 Å². The normalized spacial score (nSPS) is 23.2. The minimum atomic E-state index is -0.148. The standard InChI is InChI=1S/C23H31N5O2/c1-4-30-22-20(14-24-23(26-22)27(2)3)21(29)25-17-12-18-10-11-19(13-17)28(18)15-16-8-6-5-7-9-16/h5-9,14,17-19H,4,10-13,15H2,1-3H3,(H,25,29)/t17?,18-,19+. The average molecular weight is 410 g/mol. The van der Waals surface area contributed by atoms with Crippen molar-refractivity contribution < 1.29 is 9.53 Å². The van der Waals surface area contributed by atoms with E-state index < -0.39 is 0 Å². The molecule has 4 rings (SSSR count). The van der Waals surface area contributed by atoms with Gasteiger partial charge in [0.05, 0.1) is 6.61 Å². The van der Waals surface area contributed by atoms with Gasteiger partial charge in [-0.1, -0.05) is 30.3 Å². The molecule has 30 heavy (non-hydrogen) atoms. The highest BCUT2D eigenvalue weighted by molar-refractivity contribution is 5.96. The Labute approximate surface area is 178 Å². The Morgan fingerprint density at radius 1 is 1.20 bits per heavy atom. The SMILES string of the molecule is CCOc1nc(N(C)C)ncc1C(=O)NC1C[C@H]2CC[C@@H](C1)N2Cc1ccccc1. The molecule has 0 spiro atoms. The minimum Gasteiger partial charge on any atom is -0.477 e. The second-order valence-corrected chi connectivity index (χ2v) is 8.40. The number of piperidine rings is 1. The summed E-state index contributed by atoms with van der Waals surface area (Å²) in [6.07, 6.45) is 5.94. The number of hydrogen-bond acceptors (Lipinski definition) is 6. The molecule has 2 fully saturated rings. The lowest BCUT2D eigenvalue weighted by molar-refractivity contribution is 0.0824. The fourth-order valence-electron chi connectivity index (χ4n) is 4.68. The maximum absolute atomic E-state index is 13.0. The Balaban J connectivity index is 1.42. The molecule has 3 heterocycles. The predicted octanol–water partition coefficient (Wildman–Crippen LogP) is 2.87. The van der Waals surface area contributed by atoms with Crippen molar-refractivity contribution >= 4 is 11.9 Å². The van der Waals surface area contributed by atoms with Crippen LogP contribution in [-0.4, -0.2) is 59.6 Å². The van der Waals surface area contributed by atoms with Crippen LogP contribution in [0.5, 0.6) is 5.88 Å². The lowest BCUT2D eigenvalue weighted by Gasteiger charge is -2.39. The fraction of sp³-hybridized carbons (Fsp3) is 0.522. The van der Waals surface area contributed by atoms with Crippen LogP contribution in [0.2, 0.25) is 0 Å². The minimum absolute atomic E-state index is 0.148. The number of aromatic nitrogens is 2. The summed E-state index contributed by atoms with van der Waals surface area (Å²) in [7, 11) is 3.73. The van der Waals surface area contributed by atoms with Crippen molar-refractivity contribution in [2.24, 2.45) is 0 Å². The quantitative estimate of drug-likeness (QED) is 0.758. The zero-order valence-corrected chi connectivity index (χ0v) is 18.0. The Hall–Kier alpha value is -2.67. The van der Waals surface area contributed by atoms with Crippen LogP contribution in [0.3, 0.4) is 0 Å². The molecular formula is C23H31N5O2. The van der Waals surface area contributed by atoms with E-state index in [9.17, 15) is 4.79 Å². The van der Waals surface area contributed by atoms with Crippen molar-refractivity contribution in [2.45, 2.75) is 57.3 Å². The zero-order valence-electron chi connectivity index (χ0n) is 18.0. The van der Waals surface area contributed by atoms with E-state index in [1.807, 2.05) is 21.0 Å². The van der Waals surface area contributed by atoms with Crippen molar-refractivity contribution in [3.63, 3.8) is 0 Å². The summed E-state index contributed by atoms with van der Waals surface area (Å²) in [6, 6.07) is 11.9. The highest BCUT2D eigenvalue weighted by Crippen LogP contribution is 2.37. The molecular weight excluding hydrogens is 378 g/mol. The van der Waals surface area contributed by atoms with Gasteiger partial charge in [-0.25, -0.2) is 4.98 Å². The molecule has 0 radical (unpaired) electrons. The van der Waals surface area contributed by atoms with Crippen LogP contribution in [-0.2, 0) is 6.54 Å². The highest BCUT2D eigenvalue weighted by atomic mass is 16.5. The highest BCUT2D eigenvalue weighted by Gasteiger charge is 2.41. The van der Waals surface area contributed by atoms with Crippen molar-refractivity contribution in [1.29, 1.82) is 0 Å². The number of amides is 1. The van der Waals surface area contributed by atoms with Crippen LogP contribution in [0.4, 0.5) is 5.95 Å². The third-order valence-corrected chi connectivity index (χ3v) is 6.09. The Morgan fingerprint density at radius 2 is 1.90 bits per heavy atom. The monoisotopic (exact) mass is 409 g/mol. The lowest BCUT2D eigenvalue weighted by Crippen LogP contribution is -2.50. The van der Waals surface area contributed by atoms with Crippen LogP contribution in [0.15, 0.2) is 36.5 Å². The van der Waals surface area contributed by atoms with Crippen molar-refractivity contribution in [3.05, 3.63) is 47.7 Å². The van der Waals surface area contributed by atoms with E-state index in [-0.39, 0.29) is 11.9 Å². The molecule has 2 bridgehead atoms. The molecule has 7 nitrogen and oxygen atoms in total. The van der Waals surface area contributed by atoms with Gasteiger partial charge >= 0.3 is 0 Å². The molecule has 2 saturated heterocycles. The first-order valence-electron chi connectivity index (χ1n) is 10.8. The van der Waals surface area contributed by atoms with Crippen LogP contribution in [0.25, 0.3) is 0 Å². The molecule has 160 valence electrons. The van der Waals surface area contributed by atoms with Crippen LogP contribution in [0, 0.1) is 0 Å². The maximum Gasteiger partial charge on any atom is 0.258 e. The molecule has 2 aliphatic rings. The number of fused-ring (bicyclic) bond motifs is 2. The topological polar surface area (TPSA) is 70.6 Å². The van der Waals surface area contributed by atoms with Gasteiger partial charge in [0.2, 0.25) is 11.8 Å². The molecule has 3 atom stereocenters. The molecule has 2 aromatic rings. The first kappa shape index (κ1) is 20.6. The molecule has 1 aromatic carbocycles. The Bertz CT molecular complexity index is 859. The molecule has 2 aliphatic heterocycles. The number of hydrogen-bond donors (Lipinski definition) is 1. The van der Waals surface area contributed by atoms with Crippen molar-refractivity contribution in [1.82, 2.24) is 20.2 Å². The van der Waals surface area contributed by atoms with Gasteiger partial charge < -0.3 is 15.0 Å². The Kier molecular flexibility index (Phi) is 6.18. The number of rotatable bonds is 7. The zero-order chi connectivity index (χ0) is 21.1. The van der Waals surface area contributed by atoms with Gasteiger partial charge in [0.25, 0.3) is 5.91 Å². The first-order chi connectivity index (χ1) is 14.5. The van der Waals surface area contributed by atoms with E-state index in [0.717, 1.165) is 19.4 Å². The van der Waals surface area contributed by atoms with Crippen LogP contribution >= 0.6 is 0 Å². The third kappa shape index (κ3) is 4.41. The van der Waals surface area contributed by atoms with Gasteiger partial charge in [-0.2, -0.15) is 4.98 Å². The number of nitrogens with zero attached hydrogens (tertiary/aromatic N) is 4. The van der Waals surface area contributed by atoms with Crippen LogP contribution < -0.4 is 15.0 Å². The summed E-state index contributed by atoms with van der Waals surface area (Å²) >= 11 is 0. The number of nitrogens with one attached hydrogen (secondary N) is 1. The summed E-state index contributed by atoms with van der Waals surface area (Å²) < 4.78 is 5.63. The summed E-state index contributed by atoms with van der Waals surface area (Å²) in [5.41, 5.74) is 1.76. The van der Waals surface area contributed by atoms with Crippen molar-refractivity contribution in [3.8, 4) is 5.88 Å². The van der Waals surface area contributed by atoms with Crippen LogP contribution in [0.1, 0.15) is 48.5 Å². The first-order valence-corrected chi connectivity index (χ1v) is 10.8. The molecule has 1 aromatic heterocycles. The number of carbonyl (C=O) groups excluding carboxylic acids is 1.